The second-order valence-corrected chi connectivity index (χ2v) is 5.51. The lowest BCUT2D eigenvalue weighted by molar-refractivity contribution is 0.239. The van der Waals surface area contributed by atoms with E-state index in [-0.39, 0.29) is 5.82 Å². The predicted octanol–water partition coefficient (Wildman–Crippen LogP) is 3.87. The average molecular weight is 286 g/mol. The maximum atomic E-state index is 13.5. The van der Waals surface area contributed by atoms with Gasteiger partial charge in [-0.1, -0.05) is 22.4 Å². The minimum atomic E-state index is -0.128. The molecular weight excluding hydrogens is 269 g/mol. The molecule has 0 aromatic heterocycles. The summed E-state index contributed by atoms with van der Waals surface area (Å²) in [5.41, 5.74) is 0.737. The lowest BCUT2D eigenvalue weighted by atomic mass is 9.80. The molecule has 0 spiro atoms. The summed E-state index contributed by atoms with van der Waals surface area (Å²) in [6, 6.07) is 5.58. The Morgan fingerprint density at radius 2 is 2.25 bits per heavy atom. The Morgan fingerprint density at radius 1 is 1.50 bits per heavy atom. The van der Waals surface area contributed by atoms with Crippen molar-refractivity contribution >= 4 is 15.9 Å². The molecule has 1 aliphatic carbocycles. The number of halogens is 2. The highest BCUT2D eigenvalue weighted by Gasteiger charge is 2.23. The van der Waals surface area contributed by atoms with Crippen LogP contribution in [0.15, 0.2) is 22.7 Å². The summed E-state index contributed by atoms with van der Waals surface area (Å²) in [6.45, 7) is 2.81. The van der Waals surface area contributed by atoms with Crippen molar-refractivity contribution in [3.63, 3.8) is 0 Å². The highest BCUT2D eigenvalue weighted by molar-refractivity contribution is 9.10. The van der Waals surface area contributed by atoms with E-state index >= 15 is 0 Å². The van der Waals surface area contributed by atoms with Crippen molar-refractivity contribution in [2.75, 3.05) is 0 Å². The topological polar surface area (TPSA) is 12.0 Å². The Labute approximate surface area is 105 Å². The van der Waals surface area contributed by atoms with Crippen LogP contribution in [0.4, 0.5) is 4.39 Å². The molecule has 1 nitrogen and oxygen atoms in total. The first-order valence-electron chi connectivity index (χ1n) is 5.84. The molecule has 0 heterocycles. The van der Waals surface area contributed by atoms with Crippen LogP contribution in [-0.4, -0.2) is 6.04 Å². The fourth-order valence-corrected chi connectivity index (χ4v) is 2.46. The molecule has 16 heavy (non-hydrogen) atoms. The summed E-state index contributed by atoms with van der Waals surface area (Å²) in [5, 5.41) is 3.41. The predicted molar refractivity (Wildman–Crippen MR) is 67.7 cm³/mol. The van der Waals surface area contributed by atoms with E-state index in [0.29, 0.717) is 12.6 Å². The molecule has 88 valence electrons. The minimum absolute atomic E-state index is 0.128. The first-order valence-corrected chi connectivity index (χ1v) is 6.63. The van der Waals surface area contributed by atoms with Crippen molar-refractivity contribution < 1.29 is 4.39 Å². The van der Waals surface area contributed by atoms with Gasteiger partial charge in [0.25, 0.3) is 0 Å². The van der Waals surface area contributed by atoms with Gasteiger partial charge < -0.3 is 5.32 Å². The summed E-state index contributed by atoms with van der Waals surface area (Å²) >= 11 is 3.36. The van der Waals surface area contributed by atoms with E-state index in [1.807, 2.05) is 6.07 Å². The lowest BCUT2D eigenvalue weighted by Crippen LogP contribution is -2.36. The molecule has 0 aliphatic heterocycles. The highest BCUT2D eigenvalue weighted by Crippen LogP contribution is 2.29. The average Bonchev–Trinajstić information content (AvgIpc) is 2.17. The van der Waals surface area contributed by atoms with Gasteiger partial charge in [-0.25, -0.2) is 4.39 Å². The Hall–Kier alpha value is -0.410. The third-order valence-corrected chi connectivity index (χ3v) is 3.97. The van der Waals surface area contributed by atoms with Gasteiger partial charge in [-0.15, -0.1) is 0 Å². The zero-order chi connectivity index (χ0) is 11.5. The lowest BCUT2D eigenvalue weighted by Gasteiger charge is -2.32. The highest BCUT2D eigenvalue weighted by atomic mass is 79.9. The fraction of sp³-hybridized carbons (Fsp3) is 0.538. The van der Waals surface area contributed by atoms with Crippen molar-refractivity contribution in [2.45, 2.75) is 38.8 Å². The standard InChI is InChI=1S/C13H17BrFN/c1-9(10-3-2-4-10)16-8-11-7-12(14)5-6-13(11)15/h5-7,9-10,16H,2-4,8H2,1H3. The largest absolute Gasteiger partial charge is 0.310 e. The number of hydrogen-bond acceptors (Lipinski definition) is 1. The van der Waals surface area contributed by atoms with Crippen LogP contribution in [0.5, 0.6) is 0 Å². The van der Waals surface area contributed by atoms with Crippen LogP contribution >= 0.6 is 15.9 Å². The molecule has 1 N–H and O–H groups in total. The number of rotatable bonds is 4. The molecule has 0 amide bonds. The van der Waals surface area contributed by atoms with E-state index in [0.717, 1.165) is 16.0 Å². The van der Waals surface area contributed by atoms with Gasteiger partial charge >= 0.3 is 0 Å². The van der Waals surface area contributed by atoms with Gasteiger partial charge in [0.2, 0.25) is 0 Å². The van der Waals surface area contributed by atoms with Crippen LogP contribution in [-0.2, 0) is 6.54 Å². The normalized spacial score (nSPS) is 18.2. The number of benzene rings is 1. The van der Waals surface area contributed by atoms with Crippen LogP contribution in [0.25, 0.3) is 0 Å². The van der Waals surface area contributed by atoms with E-state index in [1.54, 1.807) is 6.07 Å². The Balaban J connectivity index is 1.90. The quantitative estimate of drug-likeness (QED) is 0.886. The van der Waals surface area contributed by atoms with E-state index < -0.39 is 0 Å². The molecule has 0 saturated heterocycles. The molecule has 1 aliphatic rings. The van der Waals surface area contributed by atoms with Gasteiger partial charge in [0, 0.05) is 22.6 Å². The van der Waals surface area contributed by atoms with Gasteiger partial charge in [0.05, 0.1) is 0 Å². The number of hydrogen-bond donors (Lipinski definition) is 1. The van der Waals surface area contributed by atoms with Gasteiger partial charge in [-0.05, 0) is 43.9 Å². The van der Waals surface area contributed by atoms with Gasteiger partial charge in [0.15, 0.2) is 0 Å². The number of nitrogens with one attached hydrogen (secondary N) is 1. The first-order chi connectivity index (χ1) is 7.66. The second-order valence-electron chi connectivity index (χ2n) is 4.60. The van der Waals surface area contributed by atoms with E-state index in [2.05, 4.69) is 28.2 Å². The maximum absolute atomic E-state index is 13.5. The zero-order valence-corrected chi connectivity index (χ0v) is 11.1. The minimum Gasteiger partial charge on any atom is -0.310 e. The molecule has 3 heteroatoms. The Morgan fingerprint density at radius 3 is 2.88 bits per heavy atom. The molecule has 0 bridgehead atoms. The summed E-state index contributed by atoms with van der Waals surface area (Å²) < 4.78 is 14.4. The third kappa shape index (κ3) is 2.83. The smallest absolute Gasteiger partial charge is 0.127 e. The van der Waals surface area contributed by atoms with E-state index in [9.17, 15) is 4.39 Å². The molecule has 0 radical (unpaired) electrons. The van der Waals surface area contributed by atoms with E-state index in [1.165, 1.54) is 25.3 Å². The molecule has 2 rings (SSSR count). The molecule has 1 atom stereocenters. The van der Waals surface area contributed by atoms with E-state index in [4.69, 9.17) is 0 Å². The third-order valence-electron chi connectivity index (χ3n) is 3.48. The SMILES string of the molecule is CC(NCc1cc(Br)ccc1F)C1CCC1. The molecule has 1 saturated carbocycles. The summed E-state index contributed by atoms with van der Waals surface area (Å²) in [4.78, 5) is 0. The fourth-order valence-electron chi connectivity index (χ4n) is 2.06. The summed E-state index contributed by atoms with van der Waals surface area (Å²) in [7, 11) is 0. The molecule has 1 fully saturated rings. The van der Waals surface area contributed by atoms with Crippen LogP contribution in [0, 0.1) is 11.7 Å². The molecule has 1 unspecified atom stereocenters. The molecule has 1 aromatic carbocycles. The van der Waals surface area contributed by atoms with Crippen molar-refractivity contribution in [2.24, 2.45) is 5.92 Å². The first kappa shape index (κ1) is 12.1. The van der Waals surface area contributed by atoms with Crippen LogP contribution < -0.4 is 5.32 Å². The maximum Gasteiger partial charge on any atom is 0.127 e. The van der Waals surface area contributed by atoms with Crippen LogP contribution in [0.1, 0.15) is 31.7 Å². The summed E-state index contributed by atoms with van der Waals surface area (Å²) in [5.74, 6) is 0.659. The van der Waals surface area contributed by atoms with Crippen molar-refractivity contribution in [3.8, 4) is 0 Å². The van der Waals surface area contributed by atoms with Crippen molar-refractivity contribution in [1.29, 1.82) is 0 Å². The molecule has 1 aromatic rings. The second kappa shape index (κ2) is 5.28. The van der Waals surface area contributed by atoms with Crippen molar-refractivity contribution in [1.82, 2.24) is 5.32 Å². The summed E-state index contributed by atoms with van der Waals surface area (Å²) in [6.07, 6.45) is 3.98. The van der Waals surface area contributed by atoms with Crippen molar-refractivity contribution in [3.05, 3.63) is 34.1 Å². The van der Waals surface area contributed by atoms with Crippen LogP contribution in [0.3, 0.4) is 0 Å². The van der Waals surface area contributed by atoms with Gasteiger partial charge in [-0.2, -0.15) is 0 Å². The van der Waals surface area contributed by atoms with Gasteiger partial charge in [0.1, 0.15) is 5.82 Å². The Bertz CT molecular complexity index is 363. The van der Waals surface area contributed by atoms with Gasteiger partial charge in [-0.3, -0.25) is 0 Å². The zero-order valence-electron chi connectivity index (χ0n) is 9.47. The monoisotopic (exact) mass is 285 g/mol. The molecular formula is C13H17BrFN. The van der Waals surface area contributed by atoms with Crippen LogP contribution in [0.2, 0.25) is 0 Å². The Kier molecular flexibility index (Phi) is 3.98.